The maximum absolute atomic E-state index is 10.6. The number of aliphatic hydroxyl groups is 1. The van der Waals surface area contributed by atoms with E-state index in [-0.39, 0.29) is 25.8 Å². The van der Waals surface area contributed by atoms with Crippen LogP contribution < -0.4 is 24.3 Å². The van der Waals surface area contributed by atoms with Gasteiger partial charge >= 0.3 is 0 Å². The molecule has 184 valence electrons. The Morgan fingerprint density at radius 1 is 1.26 bits per heavy atom. The summed E-state index contributed by atoms with van der Waals surface area (Å²) in [5.41, 5.74) is 1.72. The molecule has 4 rings (SSSR count). The minimum atomic E-state index is -0.834. The van der Waals surface area contributed by atoms with Crippen molar-refractivity contribution in [2.24, 2.45) is 7.05 Å². The lowest BCUT2D eigenvalue weighted by Crippen LogP contribution is -2.17. The molecule has 0 saturated carbocycles. The van der Waals surface area contributed by atoms with Crippen LogP contribution >= 0.6 is 40.1 Å². The first-order valence-corrected chi connectivity index (χ1v) is 12.0. The van der Waals surface area contributed by atoms with E-state index in [0.717, 1.165) is 27.5 Å². The number of hydrogen-bond acceptors (Lipinski definition) is 10. The van der Waals surface area contributed by atoms with Gasteiger partial charge in [-0.2, -0.15) is 0 Å². The largest absolute Gasteiger partial charge is 0.493 e. The topological polar surface area (TPSA) is 113 Å². The number of halogens is 2. The highest BCUT2D eigenvalue weighted by Crippen LogP contribution is 2.38. The molecule has 1 unspecified atom stereocenters. The molecule has 1 atom stereocenters. The van der Waals surface area contributed by atoms with Crippen molar-refractivity contribution < 1.29 is 24.1 Å². The number of nitrogens with zero attached hydrogens (tertiary/aromatic N) is 4. The molecule has 2 aromatic carbocycles. The highest BCUT2D eigenvalue weighted by molar-refractivity contribution is 9.10. The van der Waals surface area contributed by atoms with Gasteiger partial charge in [0.1, 0.15) is 12.7 Å². The van der Waals surface area contributed by atoms with E-state index in [2.05, 4.69) is 36.8 Å². The van der Waals surface area contributed by atoms with Gasteiger partial charge in [0.15, 0.2) is 23.0 Å². The number of rotatable bonds is 11. The van der Waals surface area contributed by atoms with Crippen LogP contribution in [0, 0.1) is 0 Å². The molecule has 1 aliphatic heterocycles. The van der Waals surface area contributed by atoms with Crippen LogP contribution in [-0.2, 0) is 13.6 Å². The number of benzene rings is 2. The van der Waals surface area contributed by atoms with Crippen LogP contribution in [0.1, 0.15) is 17.2 Å². The Kier molecular flexibility index (Phi) is 9.65. The van der Waals surface area contributed by atoms with Gasteiger partial charge in [-0.05, 0) is 61.7 Å². The van der Waals surface area contributed by atoms with Crippen LogP contribution in [0.4, 0.5) is 0 Å². The predicted molar refractivity (Wildman–Crippen MR) is 132 cm³/mol. The SMILES string of the molecule is COc1cc(CNCCSc2nnnn2C)cc(Br)c1OCC(O)c1ccc2c(c1)OCO2.Cl. The molecule has 0 saturated heterocycles. The second-order valence-electron chi connectivity index (χ2n) is 7.16. The van der Waals surface area contributed by atoms with Crippen LogP contribution in [0.5, 0.6) is 23.0 Å². The molecule has 34 heavy (non-hydrogen) atoms. The number of nitrogens with one attached hydrogen (secondary N) is 1. The van der Waals surface area contributed by atoms with Crippen LogP contribution in [0.15, 0.2) is 40.0 Å². The van der Waals surface area contributed by atoms with E-state index in [0.29, 0.717) is 35.1 Å². The molecular formula is C21H25BrClN5O5S. The Balaban J connectivity index is 0.00000324. The Labute approximate surface area is 215 Å². The third-order valence-electron chi connectivity index (χ3n) is 4.88. The zero-order valence-electron chi connectivity index (χ0n) is 18.6. The van der Waals surface area contributed by atoms with Gasteiger partial charge in [0.2, 0.25) is 11.9 Å². The molecule has 2 heterocycles. The standard InChI is InChI=1S/C21H24BrN5O5S.ClH/c1-27-21(24-25-26-27)33-6-5-23-10-13-7-15(22)20(19(8-13)29-2)30-11-16(28)14-3-4-17-18(9-14)32-12-31-17;/h3-4,7-9,16,23,28H,5-6,10-12H2,1-2H3;1H. The van der Waals surface area contributed by atoms with E-state index in [9.17, 15) is 5.11 Å². The Morgan fingerprint density at radius 3 is 2.85 bits per heavy atom. The van der Waals surface area contributed by atoms with Gasteiger partial charge in [-0.15, -0.1) is 17.5 Å². The highest BCUT2D eigenvalue weighted by Gasteiger charge is 2.19. The Morgan fingerprint density at radius 2 is 2.09 bits per heavy atom. The van der Waals surface area contributed by atoms with E-state index in [4.69, 9.17) is 18.9 Å². The average molecular weight is 575 g/mol. The zero-order valence-corrected chi connectivity index (χ0v) is 21.8. The summed E-state index contributed by atoms with van der Waals surface area (Å²) in [6, 6.07) is 9.22. The molecule has 1 aliphatic rings. The lowest BCUT2D eigenvalue weighted by atomic mass is 10.1. The first-order chi connectivity index (χ1) is 16.0. The number of aromatic nitrogens is 4. The van der Waals surface area contributed by atoms with Crippen LogP contribution in [0.3, 0.4) is 0 Å². The number of methoxy groups -OCH3 is 1. The molecular weight excluding hydrogens is 550 g/mol. The first-order valence-electron chi connectivity index (χ1n) is 10.2. The number of thioether (sulfide) groups is 1. The molecule has 0 spiro atoms. The maximum Gasteiger partial charge on any atom is 0.231 e. The minimum Gasteiger partial charge on any atom is -0.493 e. The van der Waals surface area contributed by atoms with Gasteiger partial charge < -0.3 is 29.4 Å². The quantitative estimate of drug-likeness (QED) is 0.262. The zero-order chi connectivity index (χ0) is 23.2. The molecule has 1 aromatic heterocycles. The fraction of sp³-hybridized carbons (Fsp3) is 0.381. The number of aryl methyl sites for hydroxylation is 1. The summed E-state index contributed by atoms with van der Waals surface area (Å²) in [6.45, 7) is 1.69. The summed E-state index contributed by atoms with van der Waals surface area (Å²) < 4.78 is 24.5. The summed E-state index contributed by atoms with van der Waals surface area (Å²) in [5.74, 6) is 3.24. The van der Waals surface area contributed by atoms with Gasteiger partial charge in [-0.3, -0.25) is 0 Å². The second kappa shape index (κ2) is 12.5. The third-order valence-corrected chi connectivity index (χ3v) is 6.48. The smallest absolute Gasteiger partial charge is 0.231 e. The molecule has 0 fully saturated rings. The van der Waals surface area contributed by atoms with Crippen molar-refractivity contribution in [3.05, 3.63) is 45.9 Å². The van der Waals surface area contributed by atoms with Gasteiger partial charge in [0.25, 0.3) is 0 Å². The van der Waals surface area contributed by atoms with Crippen LogP contribution in [-0.4, -0.2) is 58.1 Å². The Bertz CT molecular complexity index is 1110. The third kappa shape index (κ3) is 6.45. The summed E-state index contributed by atoms with van der Waals surface area (Å²) in [6.07, 6.45) is -0.834. The van der Waals surface area contributed by atoms with Crippen molar-refractivity contribution in [2.45, 2.75) is 17.8 Å². The van der Waals surface area contributed by atoms with Crippen molar-refractivity contribution in [3.63, 3.8) is 0 Å². The second-order valence-corrected chi connectivity index (χ2v) is 9.08. The lowest BCUT2D eigenvalue weighted by molar-refractivity contribution is 0.105. The predicted octanol–water partition coefficient (Wildman–Crippen LogP) is 3.13. The first kappa shape index (κ1) is 26.4. The molecule has 0 aliphatic carbocycles. The van der Waals surface area contributed by atoms with E-state index >= 15 is 0 Å². The van der Waals surface area contributed by atoms with E-state index < -0.39 is 6.10 Å². The molecule has 2 N–H and O–H groups in total. The Hall–Kier alpha value is -2.25. The van der Waals surface area contributed by atoms with Gasteiger partial charge in [-0.25, -0.2) is 4.68 Å². The molecule has 10 nitrogen and oxygen atoms in total. The fourth-order valence-corrected chi connectivity index (χ4v) is 4.54. The minimum absolute atomic E-state index is 0. The summed E-state index contributed by atoms with van der Waals surface area (Å²) in [5, 5.41) is 26.1. The van der Waals surface area contributed by atoms with E-state index in [1.165, 1.54) is 0 Å². The maximum atomic E-state index is 10.6. The molecule has 0 amide bonds. The van der Waals surface area contributed by atoms with Crippen molar-refractivity contribution in [2.75, 3.05) is 32.8 Å². The lowest BCUT2D eigenvalue weighted by Gasteiger charge is -2.17. The molecule has 0 radical (unpaired) electrons. The van der Waals surface area contributed by atoms with Gasteiger partial charge in [-0.1, -0.05) is 17.8 Å². The van der Waals surface area contributed by atoms with Crippen LogP contribution in [0.25, 0.3) is 0 Å². The number of tetrazole rings is 1. The van der Waals surface area contributed by atoms with Crippen molar-refractivity contribution >= 4 is 40.1 Å². The molecule has 3 aromatic rings. The number of aliphatic hydroxyl groups excluding tert-OH is 1. The average Bonchev–Trinajstić information content (AvgIpc) is 3.45. The molecule has 13 heteroatoms. The number of hydrogen-bond donors (Lipinski definition) is 2. The van der Waals surface area contributed by atoms with Crippen molar-refractivity contribution in [3.8, 4) is 23.0 Å². The molecule has 0 bridgehead atoms. The summed E-state index contributed by atoms with van der Waals surface area (Å²) >= 11 is 5.15. The highest BCUT2D eigenvalue weighted by atomic mass is 79.9. The van der Waals surface area contributed by atoms with Crippen LogP contribution in [0.2, 0.25) is 0 Å². The summed E-state index contributed by atoms with van der Waals surface area (Å²) in [4.78, 5) is 0. The number of ether oxygens (including phenoxy) is 4. The summed E-state index contributed by atoms with van der Waals surface area (Å²) in [7, 11) is 3.41. The van der Waals surface area contributed by atoms with Crippen molar-refractivity contribution in [1.29, 1.82) is 0 Å². The monoisotopic (exact) mass is 573 g/mol. The fourth-order valence-electron chi connectivity index (χ4n) is 3.18. The van der Waals surface area contributed by atoms with E-state index in [1.54, 1.807) is 41.8 Å². The number of fused-ring (bicyclic) bond motifs is 1. The van der Waals surface area contributed by atoms with Crippen molar-refractivity contribution in [1.82, 2.24) is 25.5 Å². The van der Waals surface area contributed by atoms with E-state index in [1.807, 2.05) is 19.2 Å². The van der Waals surface area contributed by atoms with Gasteiger partial charge in [0.05, 0.1) is 11.6 Å². The van der Waals surface area contributed by atoms with Gasteiger partial charge in [0, 0.05) is 25.9 Å². The normalized spacial score (nSPS) is 12.8.